The Bertz CT molecular complexity index is 460. The number of halogens is 2. The second kappa shape index (κ2) is 8.05. The number of nitrogens with zero attached hydrogens (tertiary/aromatic N) is 1. The van der Waals surface area contributed by atoms with E-state index in [1.54, 1.807) is 19.0 Å². The third kappa shape index (κ3) is 4.75. The summed E-state index contributed by atoms with van der Waals surface area (Å²) in [6.07, 6.45) is 0.0867. The van der Waals surface area contributed by atoms with Crippen molar-refractivity contribution >= 4 is 5.91 Å². The summed E-state index contributed by atoms with van der Waals surface area (Å²) < 4.78 is 27.0. The van der Waals surface area contributed by atoms with Crippen molar-refractivity contribution in [3.8, 4) is 0 Å². The third-order valence-corrected chi connectivity index (χ3v) is 3.29. The fraction of sp³-hybridized carbons (Fsp3) is 0.533. The lowest BCUT2D eigenvalue weighted by Gasteiger charge is -2.23. The summed E-state index contributed by atoms with van der Waals surface area (Å²) in [6, 6.07) is 3.04. The summed E-state index contributed by atoms with van der Waals surface area (Å²) in [5.74, 6) is -1.92. The highest BCUT2D eigenvalue weighted by Crippen LogP contribution is 2.20. The first kappa shape index (κ1) is 17.5. The standard InChI is InChI=1S/C15H22F2N2O2/c1-4-6-12(19(2)3)15(21)18-9-13(20)14-10(16)7-5-8-11(14)17/h5,7-8,12-13,20H,4,6,9H2,1-3H3,(H,18,21). The molecule has 0 aliphatic heterocycles. The van der Waals surface area contributed by atoms with E-state index in [1.165, 1.54) is 6.07 Å². The Morgan fingerprint density at radius 2 is 1.90 bits per heavy atom. The molecule has 0 aliphatic rings. The van der Waals surface area contributed by atoms with Crippen molar-refractivity contribution < 1.29 is 18.7 Å². The number of aliphatic hydroxyl groups excluding tert-OH is 1. The van der Waals surface area contributed by atoms with Gasteiger partial charge in [0.15, 0.2) is 0 Å². The molecule has 0 fully saturated rings. The van der Waals surface area contributed by atoms with E-state index in [0.717, 1.165) is 18.6 Å². The highest BCUT2D eigenvalue weighted by atomic mass is 19.1. The van der Waals surface area contributed by atoms with Crippen molar-refractivity contribution in [3.05, 3.63) is 35.4 Å². The number of likely N-dealkylation sites (N-methyl/N-ethyl adjacent to an activating group) is 1. The SMILES string of the molecule is CCCC(C(=O)NCC(O)c1c(F)cccc1F)N(C)C. The minimum absolute atomic E-state index is 0.231. The Kier molecular flexibility index (Phi) is 6.71. The number of carbonyl (C=O) groups is 1. The molecule has 4 nitrogen and oxygen atoms in total. The highest BCUT2D eigenvalue weighted by Gasteiger charge is 2.22. The van der Waals surface area contributed by atoms with E-state index < -0.39 is 23.3 Å². The molecule has 0 aliphatic carbocycles. The molecular weight excluding hydrogens is 278 g/mol. The van der Waals surface area contributed by atoms with Crippen molar-refractivity contribution in [1.82, 2.24) is 10.2 Å². The molecule has 1 rings (SSSR count). The minimum atomic E-state index is -1.42. The number of rotatable bonds is 7. The van der Waals surface area contributed by atoms with E-state index in [9.17, 15) is 18.7 Å². The zero-order valence-electron chi connectivity index (χ0n) is 12.6. The van der Waals surface area contributed by atoms with Crippen LogP contribution in [0.25, 0.3) is 0 Å². The van der Waals surface area contributed by atoms with E-state index >= 15 is 0 Å². The van der Waals surface area contributed by atoms with Crippen LogP contribution in [0.15, 0.2) is 18.2 Å². The monoisotopic (exact) mass is 300 g/mol. The lowest BCUT2D eigenvalue weighted by Crippen LogP contribution is -2.44. The van der Waals surface area contributed by atoms with Crippen molar-refractivity contribution in [1.29, 1.82) is 0 Å². The fourth-order valence-corrected chi connectivity index (χ4v) is 2.14. The number of nitrogens with one attached hydrogen (secondary N) is 1. The molecule has 0 bridgehead atoms. The van der Waals surface area contributed by atoms with Gasteiger partial charge >= 0.3 is 0 Å². The number of aliphatic hydroxyl groups is 1. The average molecular weight is 300 g/mol. The molecule has 1 amide bonds. The van der Waals surface area contributed by atoms with Crippen molar-refractivity contribution in [2.24, 2.45) is 0 Å². The molecule has 6 heteroatoms. The number of carbonyl (C=O) groups excluding carboxylic acids is 1. The van der Waals surface area contributed by atoms with Gasteiger partial charge in [0.25, 0.3) is 0 Å². The van der Waals surface area contributed by atoms with Gasteiger partial charge in [-0.1, -0.05) is 19.4 Å². The van der Waals surface area contributed by atoms with Gasteiger partial charge in [-0.05, 0) is 32.6 Å². The van der Waals surface area contributed by atoms with Gasteiger partial charge in [-0.3, -0.25) is 9.69 Å². The average Bonchev–Trinajstić information content (AvgIpc) is 2.41. The predicted molar refractivity (Wildman–Crippen MR) is 76.7 cm³/mol. The van der Waals surface area contributed by atoms with Gasteiger partial charge in [-0.15, -0.1) is 0 Å². The summed E-state index contributed by atoms with van der Waals surface area (Å²) in [4.78, 5) is 13.8. The summed E-state index contributed by atoms with van der Waals surface area (Å²) >= 11 is 0. The summed E-state index contributed by atoms with van der Waals surface area (Å²) in [5, 5.41) is 12.4. The van der Waals surface area contributed by atoms with Crippen LogP contribution in [0.5, 0.6) is 0 Å². The Balaban J connectivity index is 2.68. The highest BCUT2D eigenvalue weighted by molar-refractivity contribution is 5.81. The van der Waals surface area contributed by atoms with Gasteiger partial charge in [0.1, 0.15) is 17.7 Å². The van der Waals surface area contributed by atoms with Gasteiger partial charge < -0.3 is 10.4 Å². The first-order valence-electron chi connectivity index (χ1n) is 6.94. The van der Waals surface area contributed by atoms with Crippen molar-refractivity contribution in [3.63, 3.8) is 0 Å². The van der Waals surface area contributed by atoms with Crippen LogP contribution < -0.4 is 5.32 Å². The van der Waals surface area contributed by atoms with Crippen LogP contribution in [0.2, 0.25) is 0 Å². The molecule has 0 saturated heterocycles. The number of hydrogen-bond donors (Lipinski definition) is 2. The maximum atomic E-state index is 13.5. The van der Waals surface area contributed by atoms with Gasteiger partial charge in [-0.2, -0.15) is 0 Å². The van der Waals surface area contributed by atoms with Crippen LogP contribution in [-0.4, -0.2) is 42.6 Å². The molecule has 118 valence electrons. The van der Waals surface area contributed by atoms with E-state index in [0.29, 0.717) is 6.42 Å². The molecule has 0 saturated carbocycles. The maximum Gasteiger partial charge on any atom is 0.237 e. The minimum Gasteiger partial charge on any atom is -0.386 e. The second-order valence-corrected chi connectivity index (χ2v) is 5.16. The summed E-state index contributed by atoms with van der Waals surface area (Å²) in [5.41, 5.74) is -0.422. The number of amides is 1. The number of benzene rings is 1. The van der Waals surface area contributed by atoms with E-state index in [4.69, 9.17) is 0 Å². The lowest BCUT2D eigenvalue weighted by atomic mass is 10.1. The molecule has 0 heterocycles. The van der Waals surface area contributed by atoms with Crippen molar-refractivity contribution in [2.45, 2.75) is 31.9 Å². The summed E-state index contributed by atoms with van der Waals surface area (Å²) in [7, 11) is 3.57. The van der Waals surface area contributed by atoms with Crippen molar-refractivity contribution in [2.75, 3.05) is 20.6 Å². The summed E-state index contributed by atoms with van der Waals surface area (Å²) in [6.45, 7) is 1.73. The number of hydrogen-bond acceptors (Lipinski definition) is 3. The molecular formula is C15H22F2N2O2. The zero-order valence-corrected chi connectivity index (χ0v) is 12.6. The van der Waals surface area contributed by atoms with E-state index in [2.05, 4.69) is 5.32 Å². The van der Waals surface area contributed by atoms with E-state index in [1.807, 2.05) is 6.92 Å². The largest absolute Gasteiger partial charge is 0.386 e. The Hall–Kier alpha value is -1.53. The predicted octanol–water partition coefficient (Wildman–Crippen LogP) is 1.84. The molecule has 2 N–H and O–H groups in total. The topological polar surface area (TPSA) is 52.6 Å². The quantitative estimate of drug-likeness (QED) is 0.808. The smallest absolute Gasteiger partial charge is 0.237 e. The Morgan fingerprint density at radius 3 is 2.38 bits per heavy atom. The Morgan fingerprint density at radius 1 is 1.33 bits per heavy atom. The first-order chi connectivity index (χ1) is 9.88. The molecule has 0 spiro atoms. The molecule has 2 unspecified atom stereocenters. The zero-order chi connectivity index (χ0) is 16.0. The third-order valence-electron chi connectivity index (χ3n) is 3.29. The van der Waals surface area contributed by atoms with Crippen LogP contribution in [0.3, 0.4) is 0 Å². The molecule has 21 heavy (non-hydrogen) atoms. The maximum absolute atomic E-state index is 13.5. The van der Waals surface area contributed by atoms with Gasteiger partial charge in [0, 0.05) is 6.54 Å². The van der Waals surface area contributed by atoms with E-state index in [-0.39, 0.29) is 18.5 Å². The molecule has 1 aromatic rings. The normalized spacial score (nSPS) is 14.0. The lowest BCUT2D eigenvalue weighted by molar-refractivity contribution is -0.126. The molecule has 0 aromatic heterocycles. The Labute approximate surface area is 123 Å². The van der Waals surface area contributed by atoms with Gasteiger partial charge in [0.2, 0.25) is 5.91 Å². The molecule has 1 aromatic carbocycles. The van der Waals surface area contributed by atoms with Gasteiger partial charge in [0.05, 0.1) is 11.6 Å². The molecule has 2 atom stereocenters. The first-order valence-corrected chi connectivity index (χ1v) is 6.94. The van der Waals surface area contributed by atoms with Crippen LogP contribution in [0.1, 0.15) is 31.4 Å². The molecule has 0 radical (unpaired) electrons. The van der Waals surface area contributed by atoms with Crippen LogP contribution in [0.4, 0.5) is 8.78 Å². The van der Waals surface area contributed by atoms with Crippen LogP contribution >= 0.6 is 0 Å². The van der Waals surface area contributed by atoms with Gasteiger partial charge in [-0.25, -0.2) is 8.78 Å². The van der Waals surface area contributed by atoms with Crippen LogP contribution in [0, 0.1) is 11.6 Å². The van der Waals surface area contributed by atoms with Crippen LogP contribution in [-0.2, 0) is 4.79 Å². The second-order valence-electron chi connectivity index (χ2n) is 5.16. The fourth-order valence-electron chi connectivity index (χ4n) is 2.14.